The summed E-state index contributed by atoms with van der Waals surface area (Å²) < 4.78 is 3.60. The number of carbonyl (C=O) groups excluding carboxylic acids is 1. The van der Waals surface area contributed by atoms with Crippen LogP contribution in [-0.4, -0.2) is 35.5 Å². The molecule has 1 amide bonds. The molecule has 0 aliphatic heterocycles. The maximum Gasteiger partial charge on any atom is 0.218 e. The Bertz CT molecular complexity index is 1810. The van der Waals surface area contributed by atoms with Gasteiger partial charge in [0.2, 0.25) is 5.91 Å². The number of aromatic nitrogens is 6. The summed E-state index contributed by atoms with van der Waals surface area (Å²) in [4.78, 5) is 17.2. The van der Waals surface area contributed by atoms with E-state index in [1.54, 1.807) is 17.0 Å². The predicted molar refractivity (Wildman–Crippen MR) is 147 cm³/mol. The standard InChI is InChI=1S/C28H21Cl2N7O/c1-17(38)32-28(26-15-31-16-36(26)2,19-5-10-22(30)11-6-19)20-7-12-25-24(13-20)23(14-27-33-34-35-37(25)27)18-3-8-21(29)9-4-18/h3-16H,1-2H3,(H,32,38). The van der Waals surface area contributed by atoms with Crippen LogP contribution in [0.3, 0.4) is 0 Å². The summed E-state index contributed by atoms with van der Waals surface area (Å²) >= 11 is 12.4. The fraction of sp³-hybridized carbons (Fsp3) is 0.107. The number of pyridine rings is 1. The molecule has 3 aromatic carbocycles. The van der Waals surface area contributed by atoms with Crippen LogP contribution < -0.4 is 5.32 Å². The molecular formula is C28H21Cl2N7O. The second-order valence-corrected chi connectivity index (χ2v) is 9.95. The molecule has 8 nitrogen and oxygen atoms in total. The number of aryl methyl sites for hydroxylation is 1. The van der Waals surface area contributed by atoms with Crippen molar-refractivity contribution in [1.29, 1.82) is 0 Å². The Hall–Kier alpha value is -4.27. The van der Waals surface area contributed by atoms with Crippen LogP contribution in [-0.2, 0) is 17.4 Å². The Balaban J connectivity index is 1.71. The number of benzene rings is 3. The topological polar surface area (TPSA) is 90.0 Å². The molecule has 0 fully saturated rings. The number of imidazole rings is 1. The van der Waals surface area contributed by atoms with Gasteiger partial charge in [-0.1, -0.05) is 53.5 Å². The number of fused-ring (bicyclic) bond motifs is 3. The van der Waals surface area contributed by atoms with Gasteiger partial charge in [-0.15, -0.1) is 5.10 Å². The quantitative estimate of drug-likeness (QED) is 0.315. The third kappa shape index (κ3) is 3.89. The number of halogens is 2. The van der Waals surface area contributed by atoms with Gasteiger partial charge >= 0.3 is 0 Å². The average molecular weight is 542 g/mol. The van der Waals surface area contributed by atoms with E-state index >= 15 is 0 Å². The Morgan fingerprint density at radius 1 is 0.921 bits per heavy atom. The van der Waals surface area contributed by atoms with Crippen LogP contribution in [0.4, 0.5) is 0 Å². The van der Waals surface area contributed by atoms with Crippen molar-refractivity contribution in [3.05, 3.63) is 112 Å². The molecule has 0 spiro atoms. The molecule has 0 aliphatic carbocycles. The molecule has 1 atom stereocenters. The number of nitrogens with zero attached hydrogens (tertiary/aromatic N) is 6. The van der Waals surface area contributed by atoms with E-state index < -0.39 is 5.54 Å². The molecule has 1 N–H and O–H groups in total. The van der Waals surface area contributed by atoms with E-state index in [9.17, 15) is 4.79 Å². The zero-order valence-electron chi connectivity index (χ0n) is 20.4. The number of tetrazole rings is 1. The van der Waals surface area contributed by atoms with Gasteiger partial charge in [0.25, 0.3) is 0 Å². The summed E-state index contributed by atoms with van der Waals surface area (Å²) in [6.07, 6.45) is 3.48. The normalized spacial score (nSPS) is 13.1. The fourth-order valence-corrected chi connectivity index (χ4v) is 5.31. The maximum absolute atomic E-state index is 12.8. The molecule has 0 aliphatic rings. The molecule has 0 bridgehead atoms. The van der Waals surface area contributed by atoms with Gasteiger partial charge in [0.05, 0.1) is 23.7 Å². The highest BCUT2D eigenvalue weighted by Gasteiger charge is 2.40. The van der Waals surface area contributed by atoms with Crippen LogP contribution in [0.15, 0.2) is 85.3 Å². The summed E-state index contributed by atoms with van der Waals surface area (Å²) in [5.41, 5.74) is 4.70. The minimum Gasteiger partial charge on any atom is -0.337 e. The summed E-state index contributed by atoms with van der Waals surface area (Å²) in [6.45, 7) is 1.51. The van der Waals surface area contributed by atoms with Crippen LogP contribution in [0.5, 0.6) is 0 Å². The molecular weight excluding hydrogens is 521 g/mol. The lowest BCUT2D eigenvalue weighted by Crippen LogP contribution is -2.48. The Kier molecular flexibility index (Phi) is 5.86. The Labute approximate surface area is 227 Å². The van der Waals surface area contributed by atoms with Crippen LogP contribution in [0.25, 0.3) is 27.7 Å². The van der Waals surface area contributed by atoms with Crippen molar-refractivity contribution in [2.45, 2.75) is 12.5 Å². The molecule has 6 rings (SSSR count). The second kappa shape index (κ2) is 9.24. The zero-order valence-corrected chi connectivity index (χ0v) is 21.9. The van der Waals surface area contributed by atoms with E-state index in [-0.39, 0.29) is 5.91 Å². The molecule has 188 valence electrons. The van der Waals surface area contributed by atoms with Crippen LogP contribution >= 0.6 is 23.2 Å². The van der Waals surface area contributed by atoms with Crippen LogP contribution in [0, 0.1) is 0 Å². The number of rotatable bonds is 5. The van der Waals surface area contributed by atoms with Gasteiger partial charge in [0.1, 0.15) is 5.54 Å². The van der Waals surface area contributed by atoms with Gasteiger partial charge in [0.15, 0.2) is 5.65 Å². The summed E-state index contributed by atoms with van der Waals surface area (Å²) in [5, 5.41) is 17.7. The summed E-state index contributed by atoms with van der Waals surface area (Å²) in [7, 11) is 1.90. The first kappa shape index (κ1) is 24.1. The minimum atomic E-state index is -1.07. The highest BCUT2D eigenvalue weighted by molar-refractivity contribution is 6.30. The lowest BCUT2D eigenvalue weighted by molar-refractivity contribution is -0.120. The van der Waals surface area contributed by atoms with Crippen molar-refractivity contribution < 1.29 is 4.79 Å². The lowest BCUT2D eigenvalue weighted by atomic mass is 9.79. The maximum atomic E-state index is 12.8. The van der Waals surface area contributed by atoms with Crippen molar-refractivity contribution >= 4 is 45.7 Å². The van der Waals surface area contributed by atoms with Crippen molar-refractivity contribution in [3.63, 3.8) is 0 Å². The molecule has 0 saturated carbocycles. The van der Waals surface area contributed by atoms with E-state index in [0.717, 1.165) is 38.9 Å². The van der Waals surface area contributed by atoms with Gasteiger partial charge in [-0.25, -0.2) is 4.98 Å². The van der Waals surface area contributed by atoms with Crippen molar-refractivity contribution in [2.75, 3.05) is 0 Å². The van der Waals surface area contributed by atoms with Crippen LogP contribution in [0.2, 0.25) is 10.0 Å². The Morgan fingerprint density at radius 3 is 2.26 bits per heavy atom. The number of hydrogen-bond donors (Lipinski definition) is 1. The summed E-state index contributed by atoms with van der Waals surface area (Å²) in [6, 6.07) is 23.1. The molecule has 3 aromatic heterocycles. The SMILES string of the molecule is CC(=O)NC(c1ccc(Cl)cc1)(c1ccc2c(c1)c(-c1ccc(Cl)cc1)cc1nnnn12)c1cncn1C. The zero-order chi connectivity index (χ0) is 26.4. The first-order chi connectivity index (χ1) is 18.4. The molecule has 6 aromatic rings. The minimum absolute atomic E-state index is 0.199. The van der Waals surface area contributed by atoms with E-state index in [0.29, 0.717) is 15.7 Å². The molecule has 38 heavy (non-hydrogen) atoms. The first-order valence-corrected chi connectivity index (χ1v) is 12.6. The molecule has 10 heteroatoms. The van der Waals surface area contributed by atoms with Gasteiger partial charge in [-0.3, -0.25) is 4.79 Å². The first-order valence-electron chi connectivity index (χ1n) is 11.8. The number of nitrogens with one attached hydrogen (secondary N) is 1. The van der Waals surface area contributed by atoms with Crippen molar-refractivity contribution in [2.24, 2.45) is 7.05 Å². The molecule has 1 unspecified atom stereocenters. The highest BCUT2D eigenvalue weighted by atomic mass is 35.5. The number of hydrogen-bond acceptors (Lipinski definition) is 5. The van der Waals surface area contributed by atoms with Crippen LogP contribution in [0.1, 0.15) is 23.7 Å². The largest absolute Gasteiger partial charge is 0.337 e. The molecule has 0 saturated heterocycles. The van der Waals surface area contributed by atoms with Gasteiger partial charge < -0.3 is 9.88 Å². The predicted octanol–water partition coefficient (Wildman–Crippen LogP) is 5.41. The van der Waals surface area contributed by atoms with E-state index in [1.807, 2.05) is 78.3 Å². The third-order valence-corrected chi connectivity index (χ3v) is 7.22. The number of carbonyl (C=O) groups is 1. The molecule has 3 heterocycles. The molecule has 0 radical (unpaired) electrons. The number of amides is 1. The van der Waals surface area contributed by atoms with Gasteiger partial charge in [0, 0.05) is 29.4 Å². The third-order valence-electron chi connectivity index (χ3n) is 6.71. The van der Waals surface area contributed by atoms with Gasteiger partial charge in [-0.05, 0) is 75.1 Å². The van der Waals surface area contributed by atoms with E-state index in [1.165, 1.54) is 6.92 Å². The van der Waals surface area contributed by atoms with E-state index in [2.05, 4.69) is 31.9 Å². The Morgan fingerprint density at radius 2 is 1.61 bits per heavy atom. The van der Waals surface area contributed by atoms with Crippen molar-refractivity contribution in [1.82, 2.24) is 34.9 Å². The van der Waals surface area contributed by atoms with Gasteiger partial charge in [-0.2, -0.15) is 4.52 Å². The van der Waals surface area contributed by atoms with Crippen molar-refractivity contribution in [3.8, 4) is 11.1 Å². The monoisotopic (exact) mass is 541 g/mol. The second-order valence-electron chi connectivity index (χ2n) is 9.07. The average Bonchev–Trinajstić information content (AvgIpc) is 3.56. The smallest absolute Gasteiger partial charge is 0.218 e. The van der Waals surface area contributed by atoms with E-state index in [4.69, 9.17) is 23.2 Å². The fourth-order valence-electron chi connectivity index (χ4n) is 5.05. The summed E-state index contributed by atoms with van der Waals surface area (Å²) in [5.74, 6) is -0.199. The lowest BCUT2D eigenvalue weighted by Gasteiger charge is -2.36. The highest BCUT2D eigenvalue weighted by Crippen LogP contribution is 2.40.